The summed E-state index contributed by atoms with van der Waals surface area (Å²) in [5, 5.41) is 12.9. The maximum atomic E-state index is 12.4. The zero-order valence-corrected chi connectivity index (χ0v) is 44.2. The normalized spacial score (nSPS) is 12.0. The number of aliphatic hydroxyl groups is 1. The molecule has 0 aliphatic heterocycles. The predicted molar refractivity (Wildman–Crippen MR) is 285 cm³/mol. The standard InChI is InChI=1S/C60H119NO3/c1-3-5-7-9-11-13-14-15-31-34-38-41-45-49-53-58(57-62)61-60(64)56-52-48-44-40-36-33-30-28-26-24-22-20-18-16-17-19-21-23-25-27-29-32-35-39-43-47-51-55-59(63)54-50-46-42-37-12-10-8-6-4-2/h58,62H,3-57H2,1-2H3,(H,61,64)/t58-/m1/s1. The molecule has 0 aromatic rings. The van der Waals surface area contributed by atoms with Crippen molar-refractivity contribution in [1.82, 2.24) is 5.32 Å². The molecule has 0 radical (unpaired) electrons. The Hall–Kier alpha value is -0.900. The molecule has 0 aliphatic rings. The van der Waals surface area contributed by atoms with Crippen LogP contribution in [0.5, 0.6) is 0 Å². The molecule has 1 atom stereocenters. The maximum Gasteiger partial charge on any atom is 0.220 e. The fraction of sp³-hybridized carbons (Fsp3) is 0.967. The van der Waals surface area contributed by atoms with E-state index < -0.39 is 0 Å². The third kappa shape index (κ3) is 53.7. The summed E-state index contributed by atoms with van der Waals surface area (Å²) < 4.78 is 0. The monoisotopic (exact) mass is 902 g/mol. The lowest BCUT2D eigenvalue weighted by molar-refractivity contribution is -0.122. The van der Waals surface area contributed by atoms with Gasteiger partial charge in [0.15, 0.2) is 0 Å². The molecule has 0 fully saturated rings. The lowest BCUT2D eigenvalue weighted by Gasteiger charge is -2.16. The van der Waals surface area contributed by atoms with Gasteiger partial charge in [0, 0.05) is 19.3 Å². The van der Waals surface area contributed by atoms with Crippen molar-refractivity contribution in [3.63, 3.8) is 0 Å². The van der Waals surface area contributed by atoms with Crippen molar-refractivity contribution in [2.24, 2.45) is 0 Å². The Labute approximate surface area is 403 Å². The van der Waals surface area contributed by atoms with Crippen LogP contribution in [0.3, 0.4) is 0 Å². The van der Waals surface area contributed by atoms with Crippen molar-refractivity contribution in [1.29, 1.82) is 0 Å². The number of rotatable bonds is 57. The van der Waals surface area contributed by atoms with Gasteiger partial charge < -0.3 is 10.4 Å². The van der Waals surface area contributed by atoms with E-state index in [1.165, 1.54) is 289 Å². The van der Waals surface area contributed by atoms with E-state index in [1.54, 1.807) is 0 Å². The molecular formula is C60H119NO3. The van der Waals surface area contributed by atoms with Crippen LogP contribution < -0.4 is 5.32 Å². The summed E-state index contributed by atoms with van der Waals surface area (Å²) in [5.41, 5.74) is 0. The highest BCUT2D eigenvalue weighted by Crippen LogP contribution is 2.19. The van der Waals surface area contributed by atoms with Crippen LogP contribution in [-0.2, 0) is 9.59 Å². The predicted octanol–water partition coefficient (Wildman–Crippen LogP) is 20.1. The largest absolute Gasteiger partial charge is 0.394 e. The molecule has 0 spiro atoms. The molecule has 4 nitrogen and oxygen atoms in total. The number of unbranched alkanes of at least 4 members (excludes halogenated alkanes) is 47. The van der Waals surface area contributed by atoms with Crippen molar-refractivity contribution < 1.29 is 14.7 Å². The zero-order chi connectivity index (χ0) is 46.3. The second-order valence-electron chi connectivity index (χ2n) is 21.0. The second kappa shape index (κ2) is 56.4. The summed E-state index contributed by atoms with van der Waals surface area (Å²) in [7, 11) is 0. The van der Waals surface area contributed by atoms with Crippen molar-refractivity contribution in [3.05, 3.63) is 0 Å². The molecule has 0 rings (SSSR count). The number of nitrogens with one attached hydrogen (secondary N) is 1. The highest BCUT2D eigenvalue weighted by atomic mass is 16.3. The quantitative estimate of drug-likeness (QED) is 0.0598. The number of hydrogen-bond donors (Lipinski definition) is 2. The van der Waals surface area contributed by atoms with Crippen LogP contribution in [0.15, 0.2) is 0 Å². The minimum absolute atomic E-state index is 0.0583. The van der Waals surface area contributed by atoms with Gasteiger partial charge in [-0.05, 0) is 25.7 Å². The fourth-order valence-corrected chi connectivity index (χ4v) is 9.88. The van der Waals surface area contributed by atoms with Crippen LogP contribution >= 0.6 is 0 Å². The lowest BCUT2D eigenvalue weighted by Crippen LogP contribution is -2.37. The summed E-state index contributed by atoms with van der Waals surface area (Å²) in [6.07, 6.45) is 71.0. The van der Waals surface area contributed by atoms with E-state index in [0.717, 1.165) is 51.4 Å². The van der Waals surface area contributed by atoms with Gasteiger partial charge in [-0.25, -0.2) is 0 Å². The van der Waals surface area contributed by atoms with Gasteiger partial charge in [-0.1, -0.05) is 316 Å². The summed E-state index contributed by atoms with van der Waals surface area (Å²) in [6.45, 7) is 4.63. The Morgan fingerprint density at radius 2 is 0.500 bits per heavy atom. The SMILES string of the molecule is CCCCCCCCCCCCCCCC[C@H](CO)NC(=O)CCCCCCCCCCCCCCCCCCCCCCCCCCCCCC(=O)CCCCCCCCCCC. The summed E-state index contributed by atoms with van der Waals surface area (Å²) in [5.74, 6) is 0.653. The van der Waals surface area contributed by atoms with Gasteiger partial charge in [-0.15, -0.1) is 0 Å². The average molecular weight is 903 g/mol. The highest BCUT2D eigenvalue weighted by molar-refractivity contribution is 5.78. The first-order valence-electron chi connectivity index (χ1n) is 30.1. The minimum Gasteiger partial charge on any atom is -0.394 e. The smallest absolute Gasteiger partial charge is 0.220 e. The number of Topliss-reactive ketones (excluding diaryl/α,β-unsaturated/α-hetero) is 1. The van der Waals surface area contributed by atoms with E-state index in [-0.39, 0.29) is 18.6 Å². The molecular weight excluding hydrogens is 783 g/mol. The Balaban J connectivity index is 3.28. The molecule has 2 N–H and O–H groups in total. The van der Waals surface area contributed by atoms with Crippen molar-refractivity contribution in [2.75, 3.05) is 6.61 Å². The Kier molecular flexibility index (Phi) is 55.6. The average Bonchev–Trinajstić information content (AvgIpc) is 3.30. The maximum absolute atomic E-state index is 12.4. The minimum atomic E-state index is -0.0583. The van der Waals surface area contributed by atoms with E-state index in [0.29, 0.717) is 12.2 Å². The van der Waals surface area contributed by atoms with Crippen LogP contribution in [0.4, 0.5) is 0 Å². The molecule has 0 aliphatic carbocycles. The number of carbonyl (C=O) groups excluding carboxylic acids is 2. The first-order valence-corrected chi connectivity index (χ1v) is 30.1. The molecule has 64 heavy (non-hydrogen) atoms. The number of carbonyl (C=O) groups is 2. The lowest BCUT2D eigenvalue weighted by atomic mass is 10.0. The highest BCUT2D eigenvalue weighted by Gasteiger charge is 2.11. The molecule has 0 heterocycles. The van der Waals surface area contributed by atoms with Crippen LogP contribution in [0.2, 0.25) is 0 Å². The fourth-order valence-electron chi connectivity index (χ4n) is 9.88. The molecule has 0 aromatic heterocycles. The third-order valence-corrected chi connectivity index (χ3v) is 14.4. The van der Waals surface area contributed by atoms with Gasteiger partial charge in [0.05, 0.1) is 12.6 Å². The van der Waals surface area contributed by atoms with Crippen LogP contribution in [0.1, 0.15) is 361 Å². The third-order valence-electron chi connectivity index (χ3n) is 14.4. The van der Waals surface area contributed by atoms with E-state index >= 15 is 0 Å². The molecule has 0 unspecified atom stereocenters. The Morgan fingerprint density at radius 3 is 0.734 bits per heavy atom. The first kappa shape index (κ1) is 63.1. The van der Waals surface area contributed by atoms with E-state index in [2.05, 4.69) is 19.2 Å². The topological polar surface area (TPSA) is 66.4 Å². The van der Waals surface area contributed by atoms with Crippen LogP contribution in [0.25, 0.3) is 0 Å². The van der Waals surface area contributed by atoms with Crippen LogP contribution in [0, 0.1) is 0 Å². The number of aliphatic hydroxyl groups excluding tert-OH is 1. The van der Waals surface area contributed by atoms with Gasteiger partial charge in [0.1, 0.15) is 5.78 Å². The molecule has 382 valence electrons. The van der Waals surface area contributed by atoms with Gasteiger partial charge in [0.25, 0.3) is 0 Å². The first-order chi connectivity index (χ1) is 31.6. The van der Waals surface area contributed by atoms with Gasteiger partial charge >= 0.3 is 0 Å². The molecule has 0 bridgehead atoms. The Morgan fingerprint density at radius 1 is 0.297 bits per heavy atom. The summed E-state index contributed by atoms with van der Waals surface area (Å²) >= 11 is 0. The van der Waals surface area contributed by atoms with E-state index in [1.807, 2.05) is 0 Å². The van der Waals surface area contributed by atoms with Gasteiger partial charge in [0.2, 0.25) is 5.91 Å². The van der Waals surface area contributed by atoms with Crippen LogP contribution in [-0.4, -0.2) is 29.4 Å². The molecule has 0 saturated heterocycles. The summed E-state index contributed by atoms with van der Waals surface area (Å²) in [4.78, 5) is 24.6. The molecule has 0 aromatic carbocycles. The molecule has 1 amide bonds. The molecule has 4 heteroatoms. The van der Waals surface area contributed by atoms with E-state index in [4.69, 9.17) is 0 Å². The van der Waals surface area contributed by atoms with Crippen molar-refractivity contribution in [2.45, 2.75) is 367 Å². The number of ketones is 1. The van der Waals surface area contributed by atoms with E-state index in [9.17, 15) is 14.7 Å². The zero-order valence-electron chi connectivity index (χ0n) is 44.2. The van der Waals surface area contributed by atoms with Gasteiger partial charge in [-0.3, -0.25) is 9.59 Å². The van der Waals surface area contributed by atoms with Crippen molar-refractivity contribution >= 4 is 11.7 Å². The second-order valence-corrected chi connectivity index (χ2v) is 21.0. The van der Waals surface area contributed by atoms with Gasteiger partial charge in [-0.2, -0.15) is 0 Å². The molecule has 0 saturated carbocycles. The summed E-state index contributed by atoms with van der Waals surface area (Å²) in [6, 6.07) is -0.0583. The van der Waals surface area contributed by atoms with Crippen molar-refractivity contribution in [3.8, 4) is 0 Å². The number of hydrogen-bond acceptors (Lipinski definition) is 3. The number of amides is 1. The Bertz CT molecular complexity index is 890.